The Balaban J connectivity index is 1.36. The standard InChI is InChI=1S/C22H22O7/c1-13(23)29-22-17(7-15-3-5-19-21(9-15)28-12-26-19)16(10-24-22)6-14-2-4-18-20(8-14)27-11-25-18/h2-5,8-9,16-17,22H,6-7,10-12H2,1H3/t16-,17-,22?/m0/s1. The quantitative estimate of drug-likeness (QED) is 0.717. The average molecular weight is 398 g/mol. The molecule has 0 amide bonds. The second-order valence-electron chi connectivity index (χ2n) is 7.52. The third kappa shape index (κ3) is 3.70. The summed E-state index contributed by atoms with van der Waals surface area (Å²) < 4.78 is 33.1. The number of carbonyl (C=O) groups excluding carboxylic acids is 1. The first-order valence-corrected chi connectivity index (χ1v) is 9.71. The van der Waals surface area contributed by atoms with E-state index < -0.39 is 6.29 Å². The minimum atomic E-state index is -0.558. The van der Waals surface area contributed by atoms with Crippen LogP contribution in [-0.4, -0.2) is 32.5 Å². The molecule has 7 heteroatoms. The second kappa shape index (κ2) is 7.48. The van der Waals surface area contributed by atoms with Gasteiger partial charge in [0.15, 0.2) is 23.0 Å². The van der Waals surface area contributed by atoms with Gasteiger partial charge in [-0.2, -0.15) is 0 Å². The Morgan fingerprint density at radius 2 is 1.48 bits per heavy atom. The lowest BCUT2D eigenvalue weighted by atomic mass is 9.84. The van der Waals surface area contributed by atoms with E-state index in [1.54, 1.807) is 0 Å². The van der Waals surface area contributed by atoms with Crippen molar-refractivity contribution in [2.24, 2.45) is 11.8 Å². The Morgan fingerprint density at radius 3 is 2.10 bits per heavy atom. The molecule has 0 N–H and O–H groups in total. The van der Waals surface area contributed by atoms with Gasteiger partial charge >= 0.3 is 5.97 Å². The highest BCUT2D eigenvalue weighted by atomic mass is 16.7. The molecule has 0 aromatic heterocycles. The van der Waals surface area contributed by atoms with Crippen LogP contribution in [0.2, 0.25) is 0 Å². The fourth-order valence-electron chi connectivity index (χ4n) is 4.16. The number of benzene rings is 2. The molecule has 29 heavy (non-hydrogen) atoms. The molecule has 7 nitrogen and oxygen atoms in total. The minimum absolute atomic E-state index is 0.0321. The zero-order valence-electron chi connectivity index (χ0n) is 16.1. The maximum atomic E-state index is 11.6. The summed E-state index contributed by atoms with van der Waals surface area (Å²) in [5.74, 6) is 2.93. The van der Waals surface area contributed by atoms with Crippen LogP contribution in [0.4, 0.5) is 0 Å². The van der Waals surface area contributed by atoms with Crippen molar-refractivity contribution < 1.29 is 33.2 Å². The molecule has 1 unspecified atom stereocenters. The Kier molecular flexibility index (Phi) is 4.67. The molecule has 2 aromatic carbocycles. The smallest absolute Gasteiger partial charge is 0.304 e. The van der Waals surface area contributed by atoms with Crippen LogP contribution >= 0.6 is 0 Å². The van der Waals surface area contributed by atoms with E-state index in [0.29, 0.717) is 13.0 Å². The zero-order chi connectivity index (χ0) is 19.8. The molecule has 0 radical (unpaired) electrons. The van der Waals surface area contributed by atoms with Crippen molar-refractivity contribution in [1.29, 1.82) is 0 Å². The molecule has 5 rings (SSSR count). The Morgan fingerprint density at radius 1 is 0.897 bits per heavy atom. The molecule has 3 aliphatic rings. The molecule has 1 fully saturated rings. The van der Waals surface area contributed by atoms with Crippen molar-refractivity contribution in [1.82, 2.24) is 0 Å². The van der Waals surface area contributed by atoms with Crippen LogP contribution in [0.3, 0.4) is 0 Å². The topological polar surface area (TPSA) is 72.5 Å². The van der Waals surface area contributed by atoms with Crippen LogP contribution in [0.15, 0.2) is 36.4 Å². The summed E-state index contributed by atoms with van der Waals surface area (Å²) in [5, 5.41) is 0. The Hall–Kier alpha value is -2.93. The van der Waals surface area contributed by atoms with Crippen LogP contribution in [0, 0.1) is 11.8 Å². The van der Waals surface area contributed by atoms with Gasteiger partial charge in [-0.1, -0.05) is 12.1 Å². The first kappa shape index (κ1) is 18.1. The van der Waals surface area contributed by atoms with E-state index in [-0.39, 0.29) is 31.4 Å². The third-order valence-corrected chi connectivity index (χ3v) is 5.56. The normalized spacial score (nSPS) is 24.0. The molecule has 0 spiro atoms. The lowest BCUT2D eigenvalue weighted by Gasteiger charge is -2.23. The summed E-state index contributed by atoms with van der Waals surface area (Å²) in [5.41, 5.74) is 2.24. The van der Waals surface area contributed by atoms with Crippen LogP contribution in [0.1, 0.15) is 18.1 Å². The molecule has 0 saturated carbocycles. The van der Waals surface area contributed by atoms with Crippen LogP contribution in [-0.2, 0) is 27.1 Å². The maximum absolute atomic E-state index is 11.6. The average Bonchev–Trinajstić information content (AvgIpc) is 3.43. The van der Waals surface area contributed by atoms with Gasteiger partial charge in [0.05, 0.1) is 6.61 Å². The molecule has 1 saturated heterocycles. The minimum Gasteiger partial charge on any atom is -0.454 e. The Labute approximate surface area is 168 Å². The number of fused-ring (bicyclic) bond motifs is 2. The van der Waals surface area contributed by atoms with E-state index in [2.05, 4.69) is 0 Å². The van der Waals surface area contributed by atoms with Crippen molar-refractivity contribution in [2.45, 2.75) is 26.1 Å². The van der Waals surface area contributed by atoms with E-state index in [1.165, 1.54) is 6.92 Å². The van der Waals surface area contributed by atoms with Gasteiger partial charge in [0.25, 0.3) is 0 Å². The molecule has 3 aliphatic heterocycles. The molecule has 0 bridgehead atoms. The van der Waals surface area contributed by atoms with E-state index in [0.717, 1.165) is 40.5 Å². The molecule has 0 aliphatic carbocycles. The lowest BCUT2D eigenvalue weighted by molar-refractivity contribution is -0.173. The number of hydrogen-bond acceptors (Lipinski definition) is 7. The number of carbonyl (C=O) groups is 1. The zero-order valence-corrected chi connectivity index (χ0v) is 16.1. The molecular formula is C22H22O7. The van der Waals surface area contributed by atoms with E-state index in [1.807, 2.05) is 36.4 Å². The second-order valence-corrected chi connectivity index (χ2v) is 7.52. The predicted octanol–water partition coefficient (Wildman–Crippen LogP) is 3.08. The summed E-state index contributed by atoms with van der Waals surface area (Å²) in [6.07, 6.45) is 0.949. The van der Waals surface area contributed by atoms with Crippen molar-refractivity contribution in [3.05, 3.63) is 47.5 Å². The summed E-state index contributed by atoms with van der Waals surface area (Å²) in [7, 11) is 0. The van der Waals surface area contributed by atoms with E-state index in [9.17, 15) is 4.79 Å². The van der Waals surface area contributed by atoms with Gasteiger partial charge in [-0.05, 0) is 54.2 Å². The van der Waals surface area contributed by atoms with Gasteiger partial charge in [0.2, 0.25) is 19.9 Å². The van der Waals surface area contributed by atoms with Gasteiger partial charge in [0, 0.05) is 12.8 Å². The van der Waals surface area contributed by atoms with Gasteiger partial charge in [-0.3, -0.25) is 4.79 Å². The van der Waals surface area contributed by atoms with Gasteiger partial charge < -0.3 is 28.4 Å². The molecule has 2 aromatic rings. The summed E-state index contributed by atoms with van der Waals surface area (Å²) in [4.78, 5) is 11.6. The number of ether oxygens (including phenoxy) is 6. The van der Waals surface area contributed by atoms with Crippen molar-refractivity contribution in [2.75, 3.05) is 20.2 Å². The number of esters is 1. The fourth-order valence-corrected chi connectivity index (χ4v) is 4.16. The highest BCUT2D eigenvalue weighted by molar-refractivity contribution is 5.66. The fraction of sp³-hybridized carbons (Fsp3) is 0.409. The van der Waals surface area contributed by atoms with E-state index in [4.69, 9.17) is 28.4 Å². The van der Waals surface area contributed by atoms with Gasteiger partial charge in [-0.25, -0.2) is 0 Å². The lowest BCUT2D eigenvalue weighted by Crippen LogP contribution is -2.28. The Bertz CT molecular complexity index is 925. The van der Waals surface area contributed by atoms with Crippen LogP contribution in [0.5, 0.6) is 23.0 Å². The molecular weight excluding hydrogens is 376 g/mol. The van der Waals surface area contributed by atoms with Crippen molar-refractivity contribution in [3.63, 3.8) is 0 Å². The van der Waals surface area contributed by atoms with Crippen LogP contribution < -0.4 is 18.9 Å². The summed E-state index contributed by atoms with van der Waals surface area (Å²) in [6, 6.07) is 11.9. The van der Waals surface area contributed by atoms with Crippen molar-refractivity contribution in [3.8, 4) is 23.0 Å². The maximum Gasteiger partial charge on any atom is 0.304 e. The predicted molar refractivity (Wildman–Crippen MR) is 101 cm³/mol. The first-order valence-electron chi connectivity index (χ1n) is 9.71. The SMILES string of the molecule is CC(=O)OC1OC[C@H](Cc2ccc3c(c2)OCO3)[C@@H]1Cc1ccc2c(c1)OCO2. The van der Waals surface area contributed by atoms with Crippen molar-refractivity contribution >= 4 is 5.97 Å². The highest BCUT2D eigenvalue weighted by Gasteiger charge is 2.39. The molecule has 3 atom stereocenters. The number of rotatable bonds is 5. The third-order valence-electron chi connectivity index (χ3n) is 5.56. The summed E-state index contributed by atoms with van der Waals surface area (Å²) >= 11 is 0. The van der Waals surface area contributed by atoms with Gasteiger partial charge in [0.1, 0.15) is 0 Å². The monoisotopic (exact) mass is 398 g/mol. The summed E-state index contributed by atoms with van der Waals surface area (Å²) in [6.45, 7) is 2.44. The van der Waals surface area contributed by atoms with Crippen LogP contribution in [0.25, 0.3) is 0 Å². The first-order chi connectivity index (χ1) is 14.2. The highest BCUT2D eigenvalue weighted by Crippen LogP contribution is 2.39. The molecule has 3 heterocycles. The number of hydrogen-bond donors (Lipinski definition) is 0. The van der Waals surface area contributed by atoms with Gasteiger partial charge in [-0.15, -0.1) is 0 Å². The van der Waals surface area contributed by atoms with E-state index >= 15 is 0 Å². The molecule has 152 valence electrons. The largest absolute Gasteiger partial charge is 0.454 e.